The van der Waals surface area contributed by atoms with Gasteiger partial charge in [0.2, 0.25) is 5.91 Å². The first-order valence-electron chi connectivity index (χ1n) is 5.98. The van der Waals surface area contributed by atoms with Crippen LogP contribution in [0.2, 0.25) is 0 Å². The summed E-state index contributed by atoms with van der Waals surface area (Å²) in [4.78, 5) is 11.6. The van der Waals surface area contributed by atoms with E-state index in [0.29, 0.717) is 19.7 Å². The van der Waals surface area contributed by atoms with Gasteiger partial charge in [0.15, 0.2) is 0 Å². The van der Waals surface area contributed by atoms with Gasteiger partial charge < -0.3 is 19.9 Å². The standard InChI is InChI=1S/C11H21N5O2/c1-9(11(17)13-6-7-18-3)12-5-4-10-15-14-8-16(10)2/h8-9,12H,4-7H2,1-3H3,(H,13,17). The fourth-order valence-electron chi connectivity index (χ4n) is 1.46. The van der Waals surface area contributed by atoms with E-state index in [2.05, 4.69) is 20.8 Å². The molecular weight excluding hydrogens is 234 g/mol. The minimum atomic E-state index is -0.227. The van der Waals surface area contributed by atoms with E-state index in [0.717, 1.165) is 12.2 Å². The first-order chi connectivity index (χ1) is 8.65. The van der Waals surface area contributed by atoms with Crippen LogP contribution in [-0.4, -0.2) is 53.5 Å². The molecule has 2 N–H and O–H groups in total. The number of ether oxygens (including phenoxy) is 1. The SMILES string of the molecule is COCCNC(=O)C(C)NCCc1nncn1C. The Morgan fingerprint density at radius 3 is 2.94 bits per heavy atom. The molecule has 0 aromatic carbocycles. The van der Waals surface area contributed by atoms with Crippen LogP contribution < -0.4 is 10.6 Å². The van der Waals surface area contributed by atoms with E-state index < -0.39 is 0 Å². The van der Waals surface area contributed by atoms with E-state index in [-0.39, 0.29) is 11.9 Å². The number of aryl methyl sites for hydroxylation is 1. The van der Waals surface area contributed by atoms with Crippen LogP contribution in [0.5, 0.6) is 0 Å². The number of aromatic nitrogens is 3. The fourth-order valence-corrected chi connectivity index (χ4v) is 1.46. The number of hydrogen-bond donors (Lipinski definition) is 2. The van der Waals surface area contributed by atoms with Gasteiger partial charge in [-0.1, -0.05) is 0 Å². The highest BCUT2D eigenvalue weighted by atomic mass is 16.5. The molecular formula is C11H21N5O2. The molecule has 7 heteroatoms. The monoisotopic (exact) mass is 255 g/mol. The maximum atomic E-state index is 11.6. The van der Waals surface area contributed by atoms with Gasteiger partial charge in [0.05, 0.1) is 12.6 Å². The molecule has 1 aromatic heterocycles. The van der Waals surface area contributed by atoms with Gasteiger partial charge in [-0.25, -0.2) is 0 Å². The predicted octanol–water partition coefficient (Wildman–Crippen LogP) is -0.902. The van der Waals surface area contributed by atoms with Crippen LogP contribution in [0.1, 0.15) is 12.7 Å². The highest BCUT2D eigenvalue weighted by Crippen LogP contribution is 1.92. The van der Waals surface area contributed by atoms with Gasteiger partial charge in [0.25, 0.3) is 0 Å². The van der Waals surface area contributed by atoms with Crippen molar-refractivity contribution in [1.82, 2.24) is 25.4 Å². The lowest BCUT2D eigenvalue weighted by Crippen LogP contribution is -2.43. The van der Waals surface area contributed by atoms with Crippen molar-refractivity contribution in [2.45, 2.75) is 19.4 Å². The van der Waals surface area contributed by atoms with Crippen molar-refractivity contribution in [3.63, 3.8) is 0 Å². The number of methoxy groups -OCH3 is 1. The zero-order chi connectivity index (χ0) is 13.4. The molecule has 1 atom stereocenters. The molecule has 0 saturated carbocycles. The summed E-state index contributed by atoms with van der Waals surface area (Å²) in [7, 11) is 3.50. The van der Waals surface area contributed by atoms with Crippen molar-refractivity contribution < 1.29 is 9.53 Å². The Morgan fingerprint density at radius 2 is 2.33 bits per heavy atom. The summed E-state index contributed by atoms with van der Waals surface area (Å²) in [5.41, 5.74) is 0. The molecule has 1 rings (SSSR count). The molecule has 1 heterocycles. The van der Waals surface area contributed by atoms with Gasteiger partial charge in [-0.05, 0) is 6.92 Å². The molecule has 7 nitrogen and oxygen atoms in total. The molecule has 0 aliphatic carbocycles. The maximum absolute atomic E-state index is 11.6. The van der Waals surface area contributed by atoms with Crippen molar-refractivity contribution in [3.05, 3.63) is 12.2 Å². The van der Waals surface area contributed by atoms with E-state index in [1.165, 1.54) is 0 Å². The van der Waals surface area contributed by atoms with E-state index in [4.69, 9.17) is 4.74 Å². The van der Waals surface area contributed by atoms with Gasteiger partial charge in [0.1, 0.15) is 12.2 Å². The number of amides is 1. The Bertz CT molecular complexity index is 366. The molecule has 0 radical (unpaired) electrons. The van der Waals surface area contributed by atoms with Gasteiger partial charge >= 0.3 is 0 Å². The smallest absolute Gasteiger partial charge is 0.236 e. The minimum absolute atomic E-state index is 0.0231. The molecule has 18 heavy (non-hydrogen) atoms. The molecule has 1 amide bonds. The van der Waals surface area contributed by atoms with Gasteiger partial charge in [-0.15, -0.1) is 10.2 Å². The second-order valence-electron chi connectivity index (χ2n) is 4.07. The molecule has 102 valence electrons. The van der Waals surface area contributed by atoms with E-state index in [1.807, 2.05) is 18.5 Å². The van der Waals surface area contributed by atoms with Crippen molar-refractivity contribution >= 4 is 5.91 Å². The summed E-state index contributed by atoms with van der Waals surface area (Å²) in [5, 5.41) is 13.7. The number of carbonyl (C=O) groups is 1. The maximum Gasteiger partial charge on any atom is 0.236 e. The van der Waals surface area contributed by atoms with Crippen molar-refractivity contribution in [3.8, 4) is 0 Å². The Labute approximate surface area is 107 Å². The quantitative estimate of drug-likeness (QED) is 0.588. The van der Waals surface area contributed by atoms with E-state index in [1.54, 1.807) is 13.4 Å². The van der Waals surface area contributed by atoms with Crippen molar-refractivity contribution in [2.24, 2.45) is 7.05 Å². The summed E-state index contributed by atoms with van der Waals surface area (Å²) < 4.78 is 6.73. The van der Waals surface area contributed by atoms with Crippen molar-refractivity contribution in [1.29, 1.82) is 0 Å². The molecule has 0 aliphatic heterocycles. The summed E-state index contributed by atoms with van der Waals surface area (Å²) in [6.45, 7) is 3.58. The molecule has 1 unspecified atom stereocenters. The van der Waals surface area contributed by atoms with Crippen LogP contribution in [0.15, 0.2) is 6.33 Å². The van der Waals surface area contributed by atoms with Crippen molar-refractivity contribution in [2.75, 3.05) is 26.8 Å². The number of rotatable bonds is 8. The fraction of sp³-hybridized carbons (Fsp3) is 0.727. The average Bonchev–Trinajstić information content (AvgIpc) is 2.75. The Morgan fingerprint density at radius 1 is 1.56 bits per heavy atom. The summed E-state index contributed by atoms with van der Waals surface area (Å²) in [6.07, 6.45) is 2.41. The van der Waals surface area contributed by atoms with E-state index in [9.17, 15) is 4.79 Å². The zero-order valence-electron chi connectivity index (χ0n) is 11.1. The molecule has 1 aromatic rings. The normalized spacial score (nSPS) is 12.4. The molecule has 0 spiro atoms. The largest absolute Gasteiger partial charge is 0.383 e. The minimum Gasteiger partial charge on any atom is -0.383 e. The van der Waals surface area contributed by atoms with Crippen LogP contribution in [0.3, 0.4) is 0 Å². The van der Waals surface area contributed by atoms with Gasteiger partial charge in [-0.3, -0.25) is 4.79 Å². The number of nitrogens with zero attached hydrogens (tertiary/aromatic N) is 3. The second kappa shape index (κ2) is 7.78. The second-order valence-corrected chi connectivity index (χ2v) is 4.07. The first kappa shape index (κ1) is 14.6. The van der Waals surface area contributed by atoms with Crippen LogP contribution in [-0.2, 0) is 23.0 Å². The molecule has 0 aliphatic rings. The Balaban J connectivity index is 2.18. The summed E-state index contributed by atoms with van der Waals surface area (Å²) in [6, 6.07) is -0.227. The van der Waals surface area contributed by atoms with Crippen LogP contribution >= 0.6 is 0 Å². The van der Waals surface area contributed by atoms with Gasteiger partial charge in [-0.2, -0.15) is 0 Å². The molecule has 0 bridgehead atoms. The van der Waals surface area contributed by atoms with E-state index >= 15 is 0 Å². The number of hydrogen-bond acceptors (Lipinski definition) is 5. The molecule has 0 fully saturated rings. The third-order valence-electron chi connectivity index (χ3n) is 2.60. The average molecular weight is 255 g/mol. The summed E-state index contributed by atoms with van der Waals surface area (Å²) in [5.74, 6) is 0.875. The third-order valence-corrected chi connectivity index (χ3v) is 2.60. The first-order valence-corrected chi connectivity index (χ1v) is 5.98. The Hall–Kier alpha value is -1.47. The van der Waals surface area contributed by atoms with Crippen LogP contribution in [0, 0.1) is 0 Å². The molecule has 0 saturated heterocycles. The highest BCUT2D eigenvalue weighted by Gasteiger charge is 2.11. The predicted molar refractivity (Wildman–Crippen MR) is 67.1 cm³/mol. The number of nitrogens with one attached hydrogen (secondary N) is 2. The lowest BCUT2D eigenvalue weighted by Gasteiger charge is -2.13. The summed E-state index contributed by atoms with van der Waals surface area (Å²) >= 11 is 0. The van der Waals surface area contributed by atoms with Gasteiger partial charge in [0, 0.05) is 33.7 Å². The van der Waals surface area contributed by atoms with Crippen LogP contribution in [0.4, 0.5) is 0 Å². The number of carbonyl (C=O) groups excluding carboxylic acids is 1. The Kier molecular flexibility index (Phi) is 6.31. The third kappa shape index (κ3) is 4.80. The lowest BCUT2D eigenvalue weighted by molar-refractivity contribution is -0.122. The highest BCUT2D eigenvalue weighted by molar-refractivity contribution is 5.81. The lowest BCUT2D eigenvalue weighted by atomic mass is 10.3. The topological polar surface area (TPSA) is 81.1 Å². The van der Waals surface area contributed by atoms with Crippen LogP contribution in [0.25, 0.3) is 0 Å². The zero-order valence-corrected chi connectivity index (χ0v) is 11.1.